The third-order valence-corrected chi connectivity index (χ3v) is 4.92. The molecule has 0 N–H and O–H groups in total. The fraction of sp³-hybridized carbons (Fsp3) is 0.136. The minimum absolute atomic E-state index is 0.195. The molecule has 0 unspecified atom stereocenters. The number of pyridine rings is 2. The molecule has 4 aromatic heterocycles. The van der Waals surface area contributed by atoms with Gasteiger partial charge in [0.15, 0.2) is 5.65 Å². The molecule has 0 fully saturated rings. The van der Waals surface area contributed by atoms with Crippen molar-refractivity contribution in [2.24, 2.45) is 0 Å². The highest BCUT2D eigenvalue weighted by Crippen LogP contribution is 2.26. The second kappa shape index (κ2) is 8.43. The minimum Gasteiger partial charge on any atom is -0.487 e. The molecular weight excluding hydrogens is 425 g/mol. The number of benzene rings is 1. The van der Waals surface area contributed by atoms with E-state index in [0.29, 0.717) is 40.4 Å². The molecule has 0 radical (unpaired) electrons. The van der Waals surface area contributed by atoms with Gasteiger partial charge in [0, 0.05) is 11.8 Å². The van der Waals surface area contributed by atoms with E-state index in [1.54, 1.807) is 21.6 Å². The molecule has 0 aliphatic rings. The van der Waals surface area contributed by atoms with Crippen LogP contribution in [0.25, 0.3) is 28.1 Å². The number of imidazole rings is 1. The van der Waals surface area contributed by atoms with Crippen LogP contribution in [0.3, 0.4) is 0 Å². The van der Waals surface area contributed by atoms with Gasteiger partial charge in [-0.1, -0.05) is 0 Å². The summed E-state index contributed by atoms with van der Waals surface area (Å²) in [4.78, 5) is 13.3. The van der Waals surface area contributed by atoms with Crippen LogP contribution in [-0.2, 0) is 6.54 Å². The molecule has 0 bridgehead atoms. The molecule has 5 aromatic rings. The highest BCUT2D eigenvalue weighted by Gasteiger charge is 2.14. The maximum absolute atomic E-state index is 13.9. The van der Waals surface area contributed by atoms with Crippen LogP contribution in [0.4, 0.5) is 4.39 Å². The number of tetrazole rings is 1. The van der Waals surface area contributed by atoms with E-state index in [0.717, 1.165) is 5.56 Å². The molecule has 162 valence electrons. The van der Waals surface area contributed by atoms with Crippen molar-refractivity contribution >= 4 is 11.2 Å². The summed E-state index contributed by atoms with van der Waals surface area (Å²) in [6.07, 6.45) is 6.15. The van der Waals surface area contributed by atoms with Crippen molar-refractivity contribution in [3.63, 3.8) is 0 Å². The number of ether oxygens (including phenoxy) is 1. The summed E-state index contributed by atoms with van der Waals surface area (Å²) < 4.78 is 23.0. The van der Waals surface area contributed by atoms with Gasteiger partial charge in [-0.2, -0.15) is 5.26 Å². The Morgan fingerprint density at radius 1 is 1.15 bits per heavy atom. The molecule has 0 aliphatic carbocycles. The Kier molecular flexibility index (Phi) is 5.16. The zero-order chi connectivity index (χ0) is 22.8. The fourth-order valence-corrected chi connectivity index (χ4v) is 3.45. The smallest absolute Gasteiger partial charge is 0.165 e. The molecule has 10 nitrogen and oxygen atoms in total. The summed E-state index contributed by atoms with van der Waals surface area (Å²) in [6, 6.07) is 11.5. The van der Waals surface area contributed by atoms with Gasteiger partial charge in [-0.25, -0.2) is 19.0 Å². The second-order valence-corrected chi connectivity index (χ2v) is 7.30. The normalized spacial score (nSPS) is 11.9. The molecule has 4 heterocycles. The van der Waals surface area contributed by atoms with Gasteiger partial charge in [0.2, 0.25) is 0 Å². The number of rotatable bonds is 6. The zero-order valence-corrected chi connectivity index (χ0v) is 17.4. The van der Waals surface area contributed by atoms with E-state index >= 15 is 0 Å². The molecule has 0 aliphatic heterocycles. The van der Waals surface area contributed by atoms with Gasteiger partial charge in [0.05, 0.1) is 29.7 Å². The highest BCUT2D eigenvalue weighted by molar-refractivity contribution is 5.77. The number of nitriles is 1. The largest absolute Gasteiger partial charge is 0.487 e. The second-order valence-electron chi connectivity index (χ2n) is 7.30. The van der Waals surface area contributed by atoms with E-state index in [2.05, 4.69) is 31.6 Å². The first kappa shape index (κ1) is 20.2. The summed E-state index contributed by atoms with van der Waals surface area (Å²) in [7, 11) is 0. The Bertz CT molecular complexity index is 1470. The van der Waals surface area contributed by atoms with Crippen LogP contribution < -0.4 is 4.74 Å². The van der Waals surface area contributed by atoms with Gasteiger partial charge in [-0.3, -0.25) is 9.55 Å². The number of fused-ring (bicyclic) bond motifs is 1. The third-order valence-electron chi connectivity index (χ3n) is 4.92. The van der Waals surface area contributed by atoms with Crippen molar-refractivity contribution in [2.75, 3.05) is 0 Å². The van der Waals surface area contributed by atoms with Crippen molar-refractivity contribution < 1.29 is 9.13 Å². The van der Waals surface area contributed by atoms with E-state index in [1.807, 2.05) is 25.1 Å². The number of hydrogen-bond acceptors (Lipinski definition) is 8. The van der Waals surface area contributed by atoms with Crippen LogP contribution in [0.15, 0.2) is 61.4 Å². The average Bonchev–Trinajstić information content (AvgIpc) is 3.48. The first-order valence-electron chi connectivity index (χ1n) is 9.97. The summed E-state index contributed by atoms with van der Waals surface area (Å²) in [6.45, 7) is 2.39. The topological polar surface area (TPSA) is 120 Å². The monoisotopic (exact) mass is 441 g/mol. The maximum Gasteiger partial charge on any atom is 0.165 e. The standard InChI is InChI=1S/C22H16FN9O/c1-14(11-31-13-27-29-30-31)33-18-6-16(9-25-10-18)19-4-5-20-22(28-19)32(12-26-20)21-7-17(23)3-2-15(21)8-24/h2-7,9-10,12-14H,11H2,1H3/t14-/m0/s1. The van der Waals surface area contributed by atoms with E-state index in [-0.39, 0.29) is 6.10 Å². The molecule has 0 amide bonds. The Labute approximate surface area is 186 Å². The molecule has 0 saturated carbocycles. The zero-order valence-electron chi connectivity index (χ0n) is 17.4. The number of hydrogen-bond donors (Lipinski definition) is 0. The third kappa shape index (κ3) is 4.09. The predicted octanol–water partition coefficient (Wildman–Crippen LogP) is 2.95. The maximum atomic E-state index is 13.9. The number of aromatic nitrogens is 8. The molecule has 0 saturated heterocycles. The van der Waals surface area contributed by atoms with Crippen LogP contribution in [0.1, 0.15) is 12.5 Å². The van der Waals surface area contributed by atoms with Crippen molar-refractivity contribution in [3.8, 4) is 28.8 Å². The highest BCUT2D eigenvalue weighted by atomic mass is 19.1. The van der Waals surface area contributed by atoms with E-state index in [4.69, 9.17) is 9.72 Å². The van der Waals surface area contributed by atoms with E-state index in [1.165, 1.54) is 30.9 Å². The Morgan fingerprint density at radius 2 is 2.06 bits per heavy atom. The molecule has 0 spiro atoms. The van der Waals surface area contributed by atoms with E-state index < -0.39 is 5.82 Å². The first-order valence-corrected chi connectivity index (χ1v) is 9.97. The number of nitrogens with zero attached hydrogens (tertiary/aromatic N) is 9. The van der Waals surface area contributed by atoms with Crippen LogP contribution >= 0.6 is 0 Å². The van der Waals surface area contributed by atoms with Crippen LogP contribution in [-0.4, -0.2) is 45.8 Å². The average molecular weight is 441 g/mol. The molecular formula is C22H16FN9O. The molecule has 1 atom stereocenters. The van der Waals surface area contributed by atoms with Gasteiger partial charge in [-0.15, -0.1) is 5.10 Å². The lowest BCUT2D eigenvalue weighted by molar-refractivity contribution is 0.192. The molecule has 1 aromatic carbocycles. The van der Waals surface area contributed by atoms with Crippen LogP contribution in [0.2, 0.25) is 0 Å². The predicted molar refractivity (Wildman–Crippen MR) is 115 cm³/mol. The first-order chi connectivity index (χ1) is 16.1. The van der Waals surface area contributed by atoms with E-state index in [9.17, 15) is 9.65 Å². The molecule has 5 rings (SSSR count). The quantitative estimate of drug-likeness (QED) is 0.394. The lowest BCUT2D eigenvalue weighted by atomic mass is 10.1. The number of halogens is 1. The Morgan fingerprint density at radius 3 is 2.88 bits per heavy atom. The summed E-state index contributed by atoms with van der Waals surface area (Å²) in [5.74, 6) is 0.118. The van der Waals surface area contributed by atoms with Crippen LogP contribution in [0, 0.1) is 17.1 Å². The van der Waals surface area contributed by atoms with Gasteiger partial charge in [-0.05, 0) is 53.7 Å². The fourth-order valence-electron chi connectivity index (χ4n) is 3.45. The minimum atomic E-state index is -0.452. The van der Waals surface area contributed by atoms with Crippen molar-refractivity contribution in [2.45, 2.75) is 19.6 Å². The van der Waals surface area contributed by atoms with Gasteiger partial charge in [0.25, 0.3) is 0 Å². The lowest BCUT2D eigenvalue weighted by Crippen LogP contribution is -2.20. The Hall–Kier alpha value is -4.72. The summed E-state index contributed by atoms with van der Waals surface area (Å²) >= 11 is 0. The SMILES string of the molecule is C[C@@H](Cn1cnnn1)Oc1cncc(-c2ccc3ncn(-c4cc(F)ccc4C#N)c3n2)c1. The van der Waals surface area contributed by atoms with Crippen molar-refractivity contribution in [1.82, 2.24) is 39.7 Å². The van der Waals surface area contributed by atoms with Crippen molar-refractivity contribution in [3.05, 3.63) is 72.8 Å². The summed E-state index contributed by atoms with van der Waals surface area (Å²) in [5, 5.41) is 20.5. The van der Waals surface area contributed by atoms with Crippen LogP contribution in [0.5, 0.6) is 5.75 Å². The van der Waals surface area contributed by atoms with Gasteiger partial charge < -0.3 is 4.74 Å². The summed E-state index contributed by atoms with van der Waals surface area (Å²) in [5.41, 5.74) is 3.16. The van der Waals surface area contributed by atoms with Gasteiger partial charge in [0.1, 0.15) is 41.9 Å². The molecule has 33 heavy (non-hydrogen) atoms. The Balaban J connectivity index is 1.48. The molecule has 11 heteroatoms. The van der Waals surface area contributed by atoms with Crippen molar-refractivity contribution in [1.29, 1.82) is 5.26 Å². The van der Waals surface area contributed by atoms with Gasteiger partial charge >= 0.3 is 0 Å². The lowest BCUT2D eigenvalue weighted by Gasteiger charge is -2.14.